The fourth-order valence-corrected chi connectivity index (χ4v) is 4.52. The second-order valence-electron chi connectivity index (χ2n) is 6.26. The Morgan fingerprint density at radius 2 is 1.96 bits per heavy atom. The van der Waals surface area contributed by atoms with Crippen LogP contribution in [0.25, 0.3) is 0 Å². The number of hydrogen-bond donors (Lipinski definition) is 1. The summed E-state index contributed by atoms with van der Waals surface area (Å²) >= 11 is 8.33. The van der Waals surface area contributed by atoms with Crippen LogP contribution in [0.15, 0.2) is 36.4 Å². The monoisotopic (exact) mass is 536 g/mol. The summed E-state index contributed by atoms with van der Waals surface area (Å²) in [7, 11) is -2.03. The Balaban J connectivity index is 2.02. The molecule has 0 aliphatic carbocycles. The lowest BCUT2D eigenvalue weighted by atomic mass is 10.2. The maximum Gasteiger partial charge on any atom is 0.232 e. The van der Waals surface area contributed by atoms with Crippen molar-refractivity contribution in [3.05, 3.63) is 50.6 Å². The minimum atomic E-state index is -3.52. The minimum Gasteiger partial charge on any atom is -0.495 e. The molecule has 2 aromatic rings. The molecular formula is C19H22ClIN2O4S. The second kappa shape index (κ2) is 9.80. The predicted octanol–water partition coefficient (Wildman–Crippen LogP) is 4.45. The van der Waals surface area contributed by atoms with E-state index in [2.05, 4.69) is 27.9 Å². The van der Waals surface area contributed by atoms with Gasteiger partial charge in [0, 0.05) is 22.2 Å². The van der Waals surface area contributed by atoms with Crippen molar-refractivity contribution in [3.63, 3.8) is 0 Å². The Kier molecular flexibility index (Phi) is 7.97. The molecule has 0 bridgehead atoms. The average molecular weight is 537 g/mol. The number of nitrogens with zero attached hydrogens (tertiary/aromatic N) is 1. The van der Waals surface area contributed by atoms with E-state index in [0.717, 1.165) is 21.1 Å². The number of ether oxygens (including phenoxy) is 1. The fraction of sp³-hybridized carbons (Fsp3) is 0.316. The van der Waals surface area contributed by atoms with Crippen LogP contribution < -0.4 is 14.4 Å². The number of carbonyl (C=O) groups is 1. The Morgan fingerprint density at radius 3 is 2.54 bits per heavy atom. The molecule has 9 heteroatoms. The Hall–Kier alpha value is -1.52. The molecule has 1 amide bonds. The number of benzene rings is 2. The van der Waals surface area contributed by atoms with E-state index in [4.69, 9.17) is 16.3 Å². The van der Waals surface area contributed by atoms with Gasteiger partial charge in [-0.15, -0.1) is 0 Å². The second-order valence-corrected chi connectivity index (χ2v) is 9.82. The molecule has 6 nitrogen and oxygen atoms in total. The number of rotatable bonds is 8. The third-order valence-electron chi connectivity index (χ3n) is 4.05. The number of halogens is 2. The van der Waals surface area contributed by atoms with Crippen LogP contribution in [0.3, 0.4) is 0 Å². The van der Waals surface area contributed by atoms with Crippen LogP contribution in [0.1, 0.15) is 18.4 Å². The minimum absolute atomic E-state index is 0.162. The topological polar surface area (TPSA) is 75.7 Å². The highest BCUT2D eigenvalue weighted by molar-refractivity contribution is 14.1. The molecule has 0 heterocycles. The van der Waals surface area contributed by atoms with Crippen molar-refractivity contribution in [3.8, 4) is 5.75 Å². The molecular weight excluding hydrogens is 515 g/mol. The first-order chi connectivity index (χ1) is 13.1. The van der Waals surface area contributed by atoms with E-state index in [1.165, 1.54) is 17.5 Å². The standard InChI is InChI=1S/C19H22ClIN2O4S/c1-13-11-14(21)6-8-17(13)22-19(24)5-4-10-23(28(3,25)26)15-7-9-18(27-2)16(20)12-15/h6-9,11-12H,4-5,10H2,1-3H3,(H,22,24). The van der Waals surface area contributed by atoms with E-state index >= 15 is 0 Å². The van der Waals surface area contributed by atoms with Gasteiger partial charge in [-0.1, -0.05) is 11.6 Å². The van der Waals surface area contributed by atoms with Crippen molar-refractivity contribution in [2.45, 2.75) is 19.8 Å². The largest absolute Gasteiger partial charge is 0.495 e. The van der Waals surface area contributed by atoms with Crippen LogP contribution >= 0.6 is 34.2 Å². The van der Waals surface area contributed by atoms with Gasteiger partial charge in [0.15, 0.2) is 0 Å². The van der Waals surface area contributed by atoms with E-state index in [-0.39, 0.29) is 18.9 Å². The lowest BCUT2D eigenvalue weighted by Gasteiger charge is -2.23. The van der Waals surface area contributed by atoms with Crippen molar-refractivity contribution in [1.29, 1.82) is 0 Å². The first-order valence-corrected chi connectivity index (χ1v) is 11.8. The van der Waals surface area contributed by atoms with Crippen LogP contribution in [0, 0.1) is 10.5 Å². The summed E-state index contributed by atoms with van der Waals surface area (Å²) in [6.45, 7) is 2.09. The van der Waals surface area contributed by atoms with Gasteiger partial charge in [0.1, 0.15) is 5.75 Å². The summed E-state index contributed by atoms with van der Waals surface area (Å²) in [5.41, 5.74) is 2.17. The molecule has 2 aromatic carbocycles. The van der Waals surface area contributed by atoms with E-state index < -0.39 is 10.0 Å². The van der Waals surface area contributed by atoms with Crippen molar-refractivity contribution in [1.82, 2.24) is 0 Å². The number of amides is 1. The molecule has 0 aliphatic rings. The Morgan fingerprint density at radius 1 is 1.25 bits per heavy atom. The zero-order valence-corrected chi connectivity index (χ0v) is 19.6. The van der Waals surface area contributed by atoms with E-state index in [9.17, 15) is 13.2 Å². The number of hydrogen-bond acceptors (Lipinski definition) is 4. The molecule has 28 heavy (non-hydrogen) atoms. The molecule has 0 fully saturated rings. The highest BCUT2D eigenvalue weighted by atomic mass is 127. The van der Waals surface area contributed by atoms with Gasteiger partial charge < -0.3 is 10.1 Å². The number of carbonyl (C=O) groups excluding carboxylic acids is 1. The lowest BCUT2D eigenvalue weighted by Crippen LogP contribution is -2.31. The van der Waals surface area contributed by atoms with Crippen molar-refractivity contribution < 1.29 is 17.9 Å². The van der Waals surface area contributed by atoms with Gasteiger partial charge in [0.05, 0.1) is 24.1 Å². The summed E-state index contributed by atoms with van der Waals surface area (Å²) in [6, 6.07) is 10.5. The Labute approximate surface area is 184 Å². The number of sulfonamides is 1. The van der Waals surface area contributed by atoms with Crippen molar-refractivity contribution >= 4 is 61.5 Å². The van der Waals surface area contributed by atoms with Crippen LogP contribution in [0.4, 0.5) is 11.4 Å². The van der Waals surface area contributed by atoms with Crippen LogP contribution in [-0.2, 0) is 14.8 Å². The molecule has 2 rings (SSSR count). The molecule has 0 aromatic heterocycles. The predicted molar refractivity (Wildman–Crippen MR) is 122 cm³/mol. The zero-order valence-electron chi connectivity index (χ0n) is 15.8. The van der Waals surface area contributed by atoms with Crippen LogP contribution in [0.2, 0.25) is 5.02 Å². The molecule has 0 spiro atoms. The number of nitrogens with one attached hydrogen (secondary N) is 1. The molecule has 0 saturated carbocycles. The van der Waals surface area contributed by atoms with Crippen LogP contribution in [-0.4, -0.2) is 34.2 Å². The maximum atomic E-state index is 12.2. The summed E-state index contributed by atoms with van der Waals surface area (Å²) in [5.74, 6) is 0.302. The van der Waals surface area contributed by atoms with Crippen LogP contribution in [0.5, 0.6) is 5.75 Å². The van der Waals surface area contributed by atoms with E-state index in [0.29, 0.717) is 22.9 Å². The lowest BCUT2D eigenvalue weighted by molar-refractivity contribution is -0.116. The van der Waals surface area contributed by atoms with Gasteiger partial charge in [-0.05, 0) is 77.9 Å². The number of anilines is 2. The molecule has 0 aliphatic heterocycles. The van der Waals surface area contributed by atoms with E-state index in [1.807, 2.05) is 25.1 Å². The maximum absolute atomic E-state index is 12.2. The normalized spacial score (nSPS) is 11.2. The molecule has 0 atom stereocenters. The van der Waals surface area contributed by atoms with Gasteiger partial charge in [-0.25, -0.2) is 8.42 Å². The third-order valence-corrected chi connectivity index (χ3v) is 6.21. The quantitative estimate of drug-likeness (QED) is 0.506. The SMILES string of the molecule is COc1ccc(N(CCCC(=O)Nc2ccc(I)cc2C)S(C)(=O)=O)cc1Cl. The molecule has 0 unspecified atom stereocenters. The third kappa shape index (κ3) is 6.25. The van der Waals surface area contributed by atoms with Gasteiger partial charge in [-0.2, -0.15) is 0 Å². The molecule has 0 radical (unpaired) electrons. The fourth-order valence-electron chi connectivity index (χ4n) is 2.66. The summed E-state index contributed by atoms with van der Waals surface area (Å²) < 4.78 is 31.8. The first-order valence-electron chi connectivity index (χ1n) is 8.49. The number of methoxy groups -OCH3 is 1. The van der Waals surface area contributed by atoms with Crippen molar-refractivity contribution in [2.75, 3.05) is 29.5 Å². The first kappa shape index (κ1) is 22.8. The zero-order chi connectivity index (χ0) is 20.9. The Bertz CT molecular complexity index is 966. The van der Waals surface area contributed by atoms with Gasteiger partial charge in [0.25, 0.3) is 0 Å². The van der Waals surface area contributed by atoms with Gasteiger partial charge >= 0.3 is 0 Å². The summed E-state index contributed by atoms with van der Waals surface area (Å²) in [4.78, 5) is 12.2. The van der Waals surface area contributed by atoms with Crippen molar-refractivity contribution in [2.24, 2.45) is 0 Å². The van der Waals surface area contributed by atoms with Gasteiger partial charge in [0.2, 0.25) is 15.9 Å². The summed E-state index contributed by atoms with van der Waals surface area (Å²) in [5, 5.41) is 3.19. The highest BCUT2D eigenvalue weighted by Gasteiger charge is 2.19. The number of aryl methyl sites for hydroxylation is 1. The average Bonchev–Trinajstić information content (AvgIpc) is 2.60. The molecule has 1 N–H and O–H groups in total. The molecule has 152 valence electrons. The molecule has 0 saturated heterocycles. The van der Waals surface area contributed by atoms with Gasteiger partial charge in [-0.3, -0.25) is 9.10 Å². The summed E-state index contributed by atoms with van der Waals surface area (Å²) in [6.07, 6.45) is 1.69. The highest BCUT2D eigenvalue weighted by Crippen LogP contribution is 2.30. The van der Waals surface area contributed by atoms with E-state index in [1.54, 1.807) is 12.1 Å². The smallest absolute Gasteiger partial charge is 0.232 e.